The van der Waals surface area contributed by atoms with Crippen LogP contribution >= 0.6 is 0 Å². The smallest absolute Gasteiger partial charge is 0.328 e. The normalized spacial score (nSPS) is 19.7. The number of hydrogen-bond acceptors (Lipinski definition) is 1. The SMILES string of the molecule is CCCCC(C=CC1=C(C)CCCC1(C)C)=CC(=O)O. The van der Waals surface area contributed by atoms with Gasteiger partial charge in [0.1, 0.15) is 0 Å². The molecule has 0 saturated heterocycles. The maximum absolute atomic E-state index is 10.9. The molecule has 0 heterocycles. The summed E-state index contributed by atoms with van der Waals surface area (Å²) in [5.74, 6) is -0.852. The van der Waals surface area contributed by atoms with Gasteiger partial charge in [-0.15, -0.1) is 0 Å². The summed E-state index contributed by atoms with van der Waals surface area (Å²) in [6.45, 7) is 8.89. The summed E-state index contributed by atoms with van der Waals surface area (Å²) in [6.07, 6.45) is 12.1. The molecular formula is C18H28O2. The van der Waals surface area contributed by atoms with Crippen molar-refractivity contribution in [3.05, 3.63) is 34.9 Å². The van der Waals surface area contributed by atoms with Crippen molar-refractivity contribution in [1.82, 2.24) is 0 Å². The van der Waals surface area contributed by atoms with E-state index in [4.69, 9.17) is 5.11 Å². The third-order valence-electron chi connectivity index (χ3n) is 4.13. The fourth-order valence-electron chi connectivity index (χ4n) is 2.94. The van der Waals surface area contributed by atoms with Crippen molar-refractivity contribution < 1.29 is 9.90 Å². The third kappa shape index (κ3) is 4.99. The largest absolute Gasteiger partial charge is 0.478 e. The molecule has 0 amide bonds. The molecule has 0 spiro atoms. The Kier molecular flexibility index (Phi) is 6.25. The number of carbonyl (C=O) groups is 1. The van der Waals surface area contributed by atoms with Crippen LogP contribution in [0.25, 0.3) is 0 Å². The van der Waals surface area contributed by atoms with Gasteiger partial charge in [-0.05, 0) is 55.6 Å². The van der Waals surface area contributed by atoms with Crippen LogP contribution < -0.4 is 0 Å². The summed E-state index contributed by atoms with van der Waals surface area (Å²) in [6, 6.07) is 0. The maximum atomic E-state index is 10.9. The summed E-state index contributed by atoms with van der Waals surface area (Å²) in [5, 5.41) is 8.95. The maximum Gasteiger partial charge on any atom is 0.328 e. The predicted octanol–water partition coefficient (Wildman–Crippen LogP) is 5.27. The Labute approximate surface area is 123 Å². The van der Waals surface area contributed by atoms with Crippen molar-refractivity contribution >= 4 is 5.97 Å². The van der Waals surface area contributed by atoms with Crippen LogP contribution in [-0.2, 0) is 4.79 Å². The standard InChI is InChI=1S/C18H28O2/c1-5-6-9-15(13-17(19)20)10-11-16-14(2)8-7-12-18(16,3)4/h10-11,13H,5-9,12H2,1-4H3,(H,19,20). The molecule has 0 saturated carbocycles. The Morgan fingerprint density at radius 3 is 2.65 bits per heavy atom. The monoisotopic (exact) mass is 276 g/mol. The lowest BCUT2D eigenvalue weighted by atomic mass is 9.72. The molecule has 0 atom stereocenters. The zero-order chi connectivity index (χ0) is 15.2. The molecule has 112 valence electrons. The van der Waals surface area contributed by atoms with Gasteiger partial charge in [-0.25, -0.2) is 4.79 Å². The second-order valence-corrected chi connectivity index (χ2v) is 6.43. The minimum Gasteiger partial charge on any atom is -0.478 e. The zero-order valence-corrected chi connectivity index (χ0v) is 13.3. The van der Waals surface area contributed by atoms with Crippen LogP contribution in [0.2, 0.25) is 0 Å². The number of allylic oxidation sites excluding steroid dienone is 5. The Bertz CT molecular complexity index is 436. The quantitative estimate of drug-likeness (QED) is 0.530. The first-order valence-corrected chi connectivity index (χ1v) is 7.68. The minimum absolute atomic E-state index is 0.206. The molecule has 2 heteroatoms. The Balaban J connectivity index is 2.94. The van der Waals surface area contributed by atoms with Crippen molar-refractivity contribution in [3.63, 3.8) is 0 Å². The van der Waals surface area contributed by atoms with Gasteiger partial charge in [0.05, 0.1) is 0 Å². The van der Waals surface area contributed by atoms with E-state index in [1.807, 2.05) is 6.08 Å². The van der Waals surface area contributed by atoms with E-state index in [0.29, 0.717) is 0 Å². The fourth-order valence-corrected chi connectivity index (χ4v) is 2.94. The zero-order valence-electron chi connectivity index (χ0n) is 13.3. The molecule has 0 bridgehead atoms. The number of hydrogen-bond donors (Lipinski definition) is 1. The minimum atomic E-state index is -0.852. The number of rotatable bonds is 6. The van der Waals surface area contributed by atoms with Gasteiger partial charge in [-0.1, -0.05) is 44.9 Å². The van der Waals surface area contributed by atoms with Crippen molar-refractivity contribution in [3.8, 4) is 0 Å². The number of carboxylic acid groups (broad SMARTS) is 1. The molecule has 0 aromatic rings. The van der Waals surface area contributed by atoms with Gasteiger partial charge in [0, 0.05) is 6.08 Å². The van der Waals surface area contributed by atoms with Crippen LogP contribution in [0, 0.1) is 5.41 Å². The highest BCUT2D eigenvalue weighted by Crippen LogP contribution is 2.40. The van der Waals surface area contributed by atoms with Gasteiger partial charge in [0.2, 0.25) is 0 Å². The second-order valence-electron chi connectivity index (χ2n) is 6.43. The van der Waals surface area contributed by atoms with E-state index in [0.717, 1.165) is 31.3 Å². The first-order chi connectivity index (χ1) is 9.36. The molecular weight excluding hydrogens is 248 g/mol. The molecule has 0 aliphatic heterocycles. The van der Waals surface area contributed by atoms with E-state index in [9.17, 15) is 4.79 Å². The van der Waals surface area contributed by atoms with E-state index in [1.165, 1.54) is 30.1 Å². The average molecular weight is 276 g/mol. The van der Waals surface area contributed by atoms with E-state index < -0.39 is 5.97 Å². The topological polar surface area (TPSA) is 37.3 Å². The van der Waals surface area contributed by atoms with Gasteiger partial charge in [-0.3, -0.25) is 0 Å². The molecule has 0 aromatic carbocycles. The third-order valence-corrected chi connectivity index (χ3v) is 4.13. The molecule has 0 aromatic heterocycles. The van der Waals surface area contributed by atoms with Gasteiger partial charge in [0.25, 0.3) is 0 Å². The highest BCUT2D eigenvalue weighted by molar-refractivity contribution is 5.81. The summed E-state index contributed by atoms with van der Waals surface area (Å²) >= 11 is 0. The molecule has 1 N–H and O–H groups in total. The number of carboxylic acids is 1. The number of unbranched alkanes of at least 4 members (excludes halogenated alkanes) is 1. The van der Waals surface area contributed by atoms with Crippen LogP contribution in [0.3, 0.4) is 0 Å². The van der Waals surface area contributed by atoms with Crippen molar-refractivity contribution in [2.24, 2.45) is 5.41 Å². The molecule has 20 heavy (non-hydrogen) atoms. The van der Waals surface area contributed by atoms with E-state index >= 15 is 0 Å². The highest BCUT2D eigenvalue weighted by atomic mass is 16.4. The summed E-state index contributed by atoms with van der Waals surface area (Å²) in [7, 11) is 0. The molecule has 1 aliphatic rings. The van der Waals surface area contributed by atoms with E-state index in [-0.39, 0.29) is 5.41 Å². The van der Waals surface area contributed by atoms with Crippen LogP contribution in [0.15, 0.2) is 34.9 Å². The van der Waals surface area contributed by atoms with Crippen LogP contribution in [0.5, 0.6) is 0 Å². The Hall–Kier alpha value is -1.31. The lowest BCUT2D eigenvalue weighted by Crippen LogP contribution is -2.19. The molecule has 0 unspecified atom stereocenters. The Morgan fingerprint density at radius 1 is 1.40 bits per heavy atom. The molecule has 0 radical (unpaired) electrons. The average Bonchev–Trinajstić information content (AvgIpc) is 2.33. The van der Waals surface area contributed by atoms with Crippen LogP contribution in [-0.4, -0.2) is 11.1 Å². The fraction of sp³-hybridized carbons (Fsp3) is 0.611. The molecule has 1 aliphatic carbocycles. The lowest BCUT2D eigenvalue weighted by molar-refractivity contribution is -0.131. The second kappa shape index (κ2) is 7.47. The van der Waals surface area contributed by atoms with Crippen LogP contribution in [0.4, 0.5) is 0 Å². The van der Waals surface area contributed by atoms with Crippen molar-refractivity contribution in [2.45, 2.75) is 66.2 Å². The lowest BCUT2D eigenvalue weighted by Gasteiger charge is -2.33. The molecule has 1 rings (SSSR count). The predicted molar refractivity (Wildman–Crippen MR) is 84.7 cm³/mol. The van der Waals surface area contributed by atoms with E-state index in [2.05, 4.69) is 33.8 Å². The summed E-state index contributed by atoms with van der Waals surface area (Å²) in [5.41, 5.74) is 3.96. The molecule has 2 nitrogen and oxygen atoms in total. The first-order valence-electron chi connectivity index (χ1n) is 7.68. The van der Waals surface area contributed by atoms with Crippen LogP contribution in [0.1, 0.15) is 66.2 Å². The van der Waals surface area contributed by atoms with Gasteiger partial charge < -0.3 is 5.11 Å². The first kappa shape index (κ1) is 16.7. The summed E-state index contributed by atoms with van der Waals surface area (Å²) in [4.78, 5) is 10.9. The van der Waals surface area contributed by atoms with Gasteiger partial charge in [0.15, 0.2) is 0 Å². The van der Waals surface area contributed by atoms with Crippen molar-refractivity contribution in [1.29, 1.82) is 0 Å². The highest BCUT2D eigenvalue weighted by Gasteiger charge is 2.26. The molecule has 0 fully saturated rings. The van der Waals surface area contributed by atoms with Crippen molar-refractivity contribution in [2.75, 3.05) is 0 Å². The number of aliphatic carboxylic acids is 1. The Morgan fingerprint density at radius 2 is 2.10 bits per heavy atom. The van der Waals surface area contributed by atoms with Gasteiger partial charge >= 0.3 is 5.97 Å². The summed E-state index contributed by atoms with van der Waals surface area (Å²) < 4.78 is 0. The van der Waals surface area contributed by atoms with E-state index in [1.54, 1.807) is 0 Å². The van der Waals surface area contributed by atoms with Gasteiger partial charge in [-0.2, -0.15) is 0 Å².